The lowest BCUT2D eigenvalue weighted by atomic mass is 10.2. The highest BCUT2D eigenvalue weighted by Gasteiger charge is 2.08. The van der Waals surface area contributed by atoms with E-state index in [9.17, 15) is 4.79 Å². The molecule has 1 aromatic carbocycles. The van der Waals surface area contributed by atoms with Crippen molar-refractivity contribution in [2.24, 2.45) is 5.73 Å². The van der Waals surface area contributed by atoms with Crippen molar-refractivity contribution in [1.29, 1.82) is 0 Å². The van der Waals surface area contributed by atoms with E-state index in [4.69, 9.17) is 5.73 Å². The number of benzene rings is 1. The van der Waals surface area contributed by atoms with Crippen molar-refractivity contribution in [3.8, 4) is 5.69 Å². The molecule has 0 spiro atoms. The second-order valence-corrected chi connectivity index (χ2v) is 4.23. The van der Waals surface area contributed by atoms with Crippen LogP contribution >= 0.6 is 15.9 Å². The molecule has 2 rings (SSSR count). The highest BCUT2D eigenvalue weighted by atomic mass is 79.9. The molecular weight excluding hydrogens is 270 g/mol. The number of hydrogen-bond acceptors (Lipinski definition) is 2. The Morgan fingerprint density at radius 3 is 2.75 bits per heavy atom. The van der Waals surface area contributed by atoms with Gasteiger partial charge in [0.05, 0.1) is 5.69 Å². The first-order valence-corrected chi connectivity index (χ1v) is 5.48. The molecule has 16 heavy (non-hydrogen) atoms. The Labute approximate surface area is 101 Å². The van der Waals surface area contributed by atoms with Gasteiger partial charge in [0, 0.05) is 22.4 Å². The van der Waals surface area contributed by atoms with Crippen molar-refractivity contribution in [3.63, 3.8) is 0 Å². The number of halogens is 1. The van der Waals surface area contributed by atoms with Crippen molar-refractivity contribution >= 4 is 21.8 Å². The molecule has 0 aliphatic rings. The van der Waals surface area contributed by atoms with Gasteiger partial charge in [-0.15, -0.1) is 0 Å². The van der Waals surface area contributed by atoms with Crippen LogP contribution in [0, 0.1) is 6.92 Å². The van der Waals surface area contributed by atoms with Gasteiger partial charge in [0.1, 0.15) is 5.82 Å². The summed E-state index contributed by atoms with van der Waals surface area (Å²) in [5.41, 5.74) is 6.61. The molecule has 1 heterocycles. The van der Waals surface area contributed by atoms with Gasteiger partial charge in [-0.25, -0.2) is 4.98 Å². The summed E-state index contributed by atoms with van der Waals surface area (Å²) >= 11 is 3.41. The number of carbonyl (C=O) groups excluding carboxylic acids is 1. The highest BCUT2D eigenvalue weighted by Crippen LogP contribution is 2.23. The van der Waals surface area contributed by atoms with Gasteiger partial charge in [-0.05, 0) is 41.1 Å². The fraction of sp³-hybridized carbons (Fsp3) is 0.0909. The molecule has 0 atom stereocenters. The van der Waals surface area contributed by atoms with Gasteiger partial charge in [0.15, 0.2) is 0 Å². The van der Waals surface area contributed by atoms with Gasteiger partial charge >= 0.3 is 0 Å². The summed E-state index contributed by atoms with van der Waals surface area (Å²) in [4.78, 5) is 15.1. The molecule has 0 saturated heterocycles. The standard InChI is InChI=1S/C11H10BrN3O/c1-7-14-4-5-15(7)10-3-2-8(11(13)16)6-9(10)12/h2-6H,1H3,(H2,13,16). The maximum absolute atomic E-state index is 11.0. The number of nitrogens with zero attached hydrogens (tertiary/aromatic N) is 2. The Morgan fingerprint density at radius 2 is 2.25 bits per heavy atom. The van der Waals surface area contributed by atoms with E-state index < -0.39 is 5.91 Å². The third kappa shape index (κ3) is 1.86. The predicted molar refractivity (Wildman–Crippen MR) is 64.5 cm³/mol. The van der Waals surface area contributed by atoms with Crippen molar-refractivity contribution in [3.05, 3.63) is 46.5 Å². The molecule has 0 unspecified atom stereocenters. The number of amides is 1. The van der Waals surface area contributed by atoms with Gasteiger partial charge in [0.2, 0.25) is 5.91 Å². The van der Waals surface area contributed by atoms with Gasteiger partial charge in [-0.2, -0.15) is 0 Å². The Morgan fingerprint density at radius 1 is 1.50 bits per heavy atom. The number of rotatable bonds is 2. The van der Waals surface area contributed by atoms with E-state index in [0.717, 1.165) is 16.0 Å². The van der Waals surface area contributed by atoms with Gasteiger partial charge in [0.25, 0.3) is 0 Å². The molecule has 0 bridgehead atoms. The van der Waals surface area contributed by atoms with E-state index in [2.05, 4.69) is 20.9 Å². The molecule has 1 aromatic heterocycles. The van der Waals surface area contributed by atoms with E-state index >= 15 is 0 Å². The van der Waals surface area contributed by atoms with Crippen LogP contribution in [0.1, 0.15) is 16.2 Å². The number of aryl methyl sites for hydroxylation is 1. The van der Waals surface area contributed by atoms with Crippen LogP contribution in [0.2, 0.25) is 0 Å². The molecule has 82 valence electrons. The number of hydrogen-bond donors (Lipinski definition) is 1. The van der Waals surface area contributed by atoms with E-state index in [-0.39, 0.29) is 0 Å². The Balaban J connectivity index is 2.52. The lowest BCUT2D eigenvalue weighted by Gasteiger charge is -2.08. The molecule has 2 N–H and O–H groups in total. The van der Waals surface area contributed by atoms with Gasteiger partial charge in [-0.1, -0.05) is 0 Å². The summed E-state index contributed by atoms with van der Waals surface area (Å²) in [7, 11) is 0. The Hall–Kier alpha value is -1.62. The fourth-order valence-electron chi connectivity index (χ4n) is 1.49. The van der Waals surface area contributed by atoms with E-state index in [1.165, 1.54) is 0 Å². The summed E-state index contributed by atoms with van der Waals surface area (Å²) in [6.45, 7) is 1.91. The molecule has 0 saturated carbocycles. The van der Waals surface area contributed by atoms with Crippen LogP contribution < -0.4 is 5.73 Å². The first-order valence-electron chi connectivity index (χ1n) is 4.69. The van der Waals surface area contributed by atoms with Crippen molar-refractivity contribution in [2.75, 3.05) is 0 Å². The molecular formula is C11H10BrN3O. The van der Waals surface area contributed by atoms with Crippen LogP contribution in [0.4, 0.5) is 0 Å². The number of nitrogens with two attached hydrogens (primary N) is 1. The van der Waals surface area contributed by atoms with Crippen molar-refractivity contribution in [2.45, 2.75) is 6.92 Å². The van der Waals surface area contributed by atoms with Gasteiger partial charge < -0.3 is 10.3 Å². The third-order valence-corrected chi connectivity index (χ3v) is 2.95. The first kappa shape index (κ1) is 10.9. The number of primary amides is 1. The molecule has 1 amide bonds. The minimum atomic E-state index is -0.436. The van der Waals surface area contributed by atoms with Crippen LogP contribution in [0.15, 0.2) is 35.1 Å². The molecule has 0 radical (unpaired) electrons. The SMILES string of the molecule is Cc1nccn1-c1ccc(C(N)=O)cc1Br. The van der Waals surface area contributed by atoms with Crippen molar-refractivity contribution < 1.29 is 4.79 Å². The normalized spacial score (nSPS) is 10.4. The summed E-state index contributed by atoms with van der Waals surface area (Å²) in [6, 6.07) is 5.23. The number of aromatic nitrogens is 2. The molecule has 5 heteroatoms. The Kier molecular flexibility index (Phi) is 2.78. The minimum absolute atomic E-state index is 0.436. The quantitative estimate of drug-likeness (QED) is 0.915. The lowest BCUT2D eigenvalue weighted by Crippen LogP contribution is -2.11. The van der Waals surface area contributed by atoms with Gasteiger partial charge in [-0.3, -0.25) is 4.79 Å². The zero-order chi connectivity index (χ0) is 11.7. The van der Waals surface area contributed by atoms with Crippen LogP contribution in [0.5, 0.6) is 0 Å². The van der Waals surface area contributed by atoms with Crippen LogP contribution in [-0.2, 0) is 0 Å². The number of carbonyl (C=O) groups is 1. The smallest absolute Gasteiger partial charge is 0.248 e. The topological polar surface area (TPSA) is 60.9 Å². The zero-order valence-corrected chi connectivity index (χ0v) is 10.2. The Bertz CT molecular complexity index is 548. The largest absolute Gasteiger partial charge is 0.366 e. The minimum Gasteiger partial charge on any atom is -0.366 e. The van der Waals surface area contributed by atoms with E-state index in [0.29, 0.717) is 5.56 Å². The van der Waals surface area contributed by atoms with Crippen LogP contribution in [0.3, 0.4) is 0 Å². The summed E-state index contributed by atoms with van der Waals surface area (Å²) in [5.74, 6) is 0.446. The van der Waals surface area contributed by atoms with Crippen LogP contribution in [0.25, 0.3) is 5.69 Å². The van der Waals surface area contributed by atoms with Crippen molar-refractivity contribution in [1.82, 2.24) is 9.55 Å². The first-order chi connectivity index (χ1) is 7.59. The molecule has 0 fully saturated rings. The predicted octanol–water partition coefficient (Wildman–Crippen LogP) is 2.04. The zero-order valence-electron chi connectivity index (χ0n) is 8.64. The van der Waals surface area contributed by atoms with Crippen LogP contribution in [-0.4, -0.2) is 15.5 Å². The second kappa shape index (κ2) is 4.09. The number of imidazole rings is 1. The average Bonchev–Trinajstić information content (AvgIpc) is 2.64. The third-order valence-electron chi connectivity index (χ3n) is 2.32. The lowest BCUT2D eigenvalue weighted by molar-refractivity contribution is 0.100. The summed E-state index contributed by atoms with van der Waals surface area (Å²) in [6.07, 6.45) is 3.59. The fourth-order valence-corrected chi connectivity index (χ4v) is 2.06. The summed E-state index contributed by atoms with van der Waals surface area (Å²) in [5, 5.41) is 0. The van der Waals surface area contributed by atoms with E-state index in [1.807, 2.05) is 23.8 Å². The second-order valence-electron chi connectivity index (χ2n) is 3.37. The maximum Gasteiger partial charge on any atom is 0.248 e. The monoisotopic (exact) mass is 279 g/mol. The molecule has 2 aromatic rings. The highest BCUT2D eigenvalue weighted by molar-refractivity contribution is 9.10. The van der Waals surface area contributed by atoms with E-state index in [1.54, 1.807) is 18.3 Å². The maximum atomic E-state index is 11.0. The molecule has 4 nitrogen and oxygen atoms in total. The average molecular weight is 280 g/mol. The molecule has 0 aliphatic heterocycles. The molecule has 0 aliphatic carbocycles. The summed E-state index contributed by atoms with van der Waals surface area (Å²) < 4.78 is 2.74.